The minimum Gasteiger partial charge on any atom is -0.467 e. The van der Waals surface area contributed by atoms with E-state index in [1.165, 1.54) is 12.7 Å². The zero-order valence-corrected chi connectivity index (χ0v) is 23.2. The Morgan fingerprint density at radius 1 is 1.13 bits per heavy atom. The Bertz CT molecular complexity index is 1220. The van der Waals surface area contributed by atoms with Crippen LogP contribution in [0.3, 0.4) is 0 Å². The molecular weight excluding hydrogens is 492 g/mol. The summed E-state index contributed by atoms with van der Waals surface area (Å²) in [6.45, 7) is 4.34. The largest absolute Gasteiger partial charge is 0.467 e. The highest BCUT2D eigenvalue weighted by atomic mass is 16.6. The maximum Gasteiger partial charge on any atom is 0.333 e. The summed E-state index contributed by atoms with van der Waals surface area (Å²) in [5.41, 5.74) is 1.86. The number of hydrogen-bond acceptors (Lipinski definition) is 6. The minimum absolute atomic E-state index is 0.112. The molecule has 3 saturated carbocycles. The smallest absolute Gasteiger partial charge is 0.333 e. The molecule has 208 valence electrons. The molecule has 4 aliphatic rings. The van der Waals surface area contributed by atoms with Crippen molar-refractivity contribution in [3.63, 3.8) is 0 Å². The molecule has 1 amide bonds. The van der Waals surface area contributed by atoms with Gasteiger partial charge in [-0.2, -0.15) is 0 Å². The molecule has 4 aliphatic carbocycles. The topological polar surface area (TPSA) is 97.2 Å². The number of amides is 1. The van der Waals surface area contributed by atoms with E-state index in [1.54, 1.807) is 24.3 Å². The van der Waals surface area contributed by atoms with E-state index in [1.807, 2.05) is 6.07 Å². The first-order valence-electron chi connectivity index (χ1n) is 14.2. The molecule has 0 spiro atoms. The lowest BCUT2D eigenvalue weighted by atomic mass is 9.46. The van der Waals surface area contributed by atoms with Gasteiger partial charge in [0, 0.05) is 5.41 Å². The quantitative estimate of drug-likeness (QED) is 0.314. The van der Waals surface area contributed by atoms with Crippen LogP contribution >= 0.6 is 0 Å². The highest BCUT2D eigenvalue weighted by Gasteiger charge is 2.63. The number of oxime groups is 1. The van der Waals surface area contributed by atoms with Gasteiger partial charge in [0.15, 0.2) is 12.6 Å². The predicted octanol–water partition coefficient (Wildman–Crippen LogP) is 4.72. The summed E-state index contributed by atoms with van der Waals surface area (Å²) in [5.74, 6) is 3.41. The van der Waals surface area contributed by atoms with Crippen LogP contribution in [0.4, 0.5) is 0 Å². The van der Waals surface area contributed by atoms with Gasteiger partial charge >= 0.3 is 5.97 Å². The second-order valence-electron chi connectivity index (χ2n) is 12.3. The van der Waals surface area contributed by atoms with Gasteiger partial charge in [0.25, 0.3) is 5.91 Å². The lowest BCUT2D eigenvalue weighted by Gasteiger charge is -2.58. The number of rotatable bonds is 6. The second kappa shape index (κ2) is 10.5. The highest BCUT2D eigenvalue weighted by Crippen LogP contribution is 2.67. The Hall–Kier alpha value is -3.11. The van der Waals surface area contributed by atoms with Gasteiger partial charge in [0.2, 0.25) is 0 Å². The van der Waals surface area contributed by atoms with Crippen LogP contribution in [-0.4, -0.2) is 42.0 Å². The number of terminal acetylenes is 1. The van der Waals surface area contributed by atoms with Crippen molar-refractivity contribution >= 4 is 17.6 Å². The van der Waals surface area contributed by atoms with Gasteiger partial charge in [0.1, 0.15) is 5.60 Å². The molecule has 0 saturated heterocycles. The molecule has 3 fully saturated rings. The van der Waals surface area contributed by atoms with Crippen molar-refractivity contribution in [2.24, 2.45) is 33.7 Å². The van der Waals surface area contributed by atoms with E-state index >= 15 is 0 Å². The summed E-state index contributed by atoms with van der Waals surface area (Å²) in [5, 5.41) is 18.2. The first-order chi connectivity index (χ1) is 18.6. The van der Waals surface area contributed by atoms with Crippen molar-refractivity contribution in [3.8, 4) is 12.3 Å². The second-order valence-corrected chi connectivity index (χ2v) is 12.3. The van der Waals surface area contributed by atoms with Crippen molar-refractivity contribution in [3.05, 3.63) is 47.5 Å². The first-order valence-corrected chi connectivity index (χ1v) is 14.2. The zero-order chi connectivity index (χ0) is 27.8. The van der Waals surface area contributed by atoms with E-state index in [2.05, 4.69) is 36.3 Å². The molecule has 7 atom stereocenters. The lowest BCUT2D eigenvalue weighted by molar-refractivity contribution is -0.145. The molecule has 1 aromatic carbocycles. The number of benzene rings is 1. The third kappa shape index (κ3) is 4.67. The number of aliphatic hydroxyl groups is 1. The molecule has 0 unspecified atom stereocenters. The van der Waals surface area contributed by atoms with Crippen LogP contribution < -0.4 is 5.32 Å². The standard InChI is InChI=1S/C32H40N2O5/c1-5-32(37)18-15-26-24-12-11-22-19-23(13-16-30(22,2)25(24)14-17-31(26,32)3)34-39-20-27(35)33-28(29(36)38-4)21-9-7-6-8-10-21/h1,6-10,19,24-26,28,37H,11-18,20H2,2-4H3,(H,33,35)/b34-23+/t24-,25+,26+,28-,30-,31+,32-/m0/s1. The Morgan fingerprint density at radius 3 is 2.59 bits per heavy atom. The third-order valence-corrected chi connectivity index (χ3v) is 10.6. The number of carbonyl (C=O) groups is 2. The summed E-state index contributed by atoms with van der Waals surface area (Å²) >= 11 is 0. The van der Waals surface area contributed by atoms with Crippen LogP contribution in [0.25, 0.3) is 0 Å². The summed E-state index contributed by atoms with van der Waals surface area (Å²) in [6, 6.07) is 8.06. The van der Waals surface area contributed by atoms with Crippen molar-refractivity contribution < 1.29 is 24.3 Å². The summed E-state index contributed by atoms with van der Waals surface area (Å²) < 4.78 is 4.86. The van der Waals surface area contributed by atoms with Gasteiger partial charge in [0.05, 0.1) is 12.8 Å². The van der Waals surface area contributed by atoms with Crippen LogP contribution in [0.2, 0.25) is 0 Å². The fourth-order valence-electron chi connectivity index (χ4n) is 8.31. The van der Waals surface area contributed by atoms with E-state index in [4.69, 9.17) is 16.0 Å². The van der Waals surface area contributed by atoms with Crippen molar-refractivity contribution in [2.75, 3.05) is 13.7 Å². The summed E-state index contributed by atoms with van der Waals surface area (Å²) in [7, 11) is 1.29. The number of ether oxygens (including phenoxy) is 1. The monoisotopic (exact) mass is 532 g/mol. The van der Waals surface area contributed by atoms with Gasteiger partial charge in [-0.1, -0.05) is 60.8 Å². The molecule has 1 aromatic rings. The van der Waals surface area contributed by atoms with Crippen LogP contribution in [0.1, 0.15) is 76.8 Å². The van der Waals surface area contributed by atoms with Gasteiger partial charge < -0.3 is 20.0 Å². The molecule has 2 N–H and O–H groups in total. The summed E-state index contributed by atoms with van der Waals surface area (Å²) in [6.07, 6.45) is 15.7. The fourth-order valence-corrected chi connectivity index (χ4v) is 8.31. The minimum atomic E-state index is -0.979. The van der Waals surface area contributed by atoms with E-state index in [9.17, 15) is 14.7 Å². The van der Waals surface area contributed by atoms with Crippen molar-refractivity contribution in [1.29, 1.82) is 0 Å². The number of allylic oxidation sites excluding steroid dienone is 2. The molecule has 7 nitrogen and oxygen atoms in total. The number of carbonyl (C=O) groups excluding carboxylic acids is 2. The molecular formula is C32H40N2O5. The average Bonchev–Trinajstić information content (AvgIpc) is 3.22. The van der Waals surface area contributed by atoms with Gasteiger partial charge in [-0.25, -0.2) is 4.79 Å². The molecule has 0 aliphatic heterocycles. The zero-order valence-electron chi connectivity index (χ0n) is 23.2. The van der Waals surface area contributed by atoms with Crippen molar-refractivity contribution in [2.45, 2.75) is 76.9 Å². The van der Waals surface area contributed by atoms with Crippen LogP contribution in [0.5, 0.6) is 0 Å². The van der Waals surface area contributed by atoms with E-state index < -0.39 is 23.5 Å². The molecule has 0 radical (unpaired) electrons. The third-order valence-electron chi connectivity index (χ3n) is 10.6. The number of hydrogen-bond donors (Lipinski definition) is 2. The molecule has 5 rings (SSSR count). The van der Waals surface area contributed by atoms with E-state index in [-0.39, 0.29) is 17.4 Å². The fraction of sp³-hybridized carbons (Fsp3) is 0.594. The maximum atomic E-state index is 12.6. The molecule has 39 heavy (non-hydrogen) atoms. The van der Waals surface area contributed by atoms with Gasteiger partial charge in [-0.3, -0.25) is 4.79 Å². The maximum absolute atomic E-state index is 12.6. The molecule has 0 heterocycles. The van der Waals surface area contributed by atoms with E-state index in [0.717, 1.165) is 50.7 Å². The Kier molecular flexibility index (Phi) is 7.37. The molecule has 0 aromatic heterocycles. The highest BCUT2D eigenvalue weighted by molar-refractivity contribution is 5.96. The lowest BCUT2D eigenvalue weighted by Crippen LogP contribution is -2.54. The summed E-state index contributed by atoms with van der Waals surface area (Å²) in [4.78, 5) is 30.2. The number of esters is 1. The number of methoxy groups -OCH3 is 1. The number of nitrogens with zero attached hydrogens (tertiary/aromatic N) is 1. The first kappa shape index (κ1) is 27.5. The molecule has 0 bridgehead atoms. The normalized spacial score (nSPS) is 36.8. The van der Waals surface area contributed by atoms with Crippen LogP contribution in [-0.2, 0) is 19.2 Å². The Balaban J connectivity index is 1.22. The van der Waals surface area contributed by atoms with Crippen LogP contribution in [0.15, 0.2) is 47.1 Å². The average molecular weight is 533 g/mol. The van der Waals surface area contributed by atoms with Gasteiger partial charge in [-0.15, -0.1) is 6.42 Å². The van der Waals surface area contributed by atoms with Gasteiger partial charge in [-0.05, 0) is 86.2 Å². The Labute approximate surface area is 231 Å². The van der Waals surface area contributed by atoms with Crippen LogP contribution in [0, 0.1) is 40.9 Å². The Morgan fingerprint density at radius 2 is 1.87 bits per heavy atom. The molecule has 7 heteroatoms. The number of nitrogens with one attached hydrogen (secondary N) is 1. The SMILES string of the molecule is C#C[C@]1(O)CC[C@@H]2[C@H]3CCC4=C/C(=N/OCC(=O)N[C@H](C(=O)OC)c5ccccc5)CC[C@]4(C)[C@@H]3CC[C@]21C. The van der Waals surface area contributed by atoms with E-state index in [0.29, 0.717) is 29.7 Å². The predicted molar refractivity (Wildman–Crippen MR) is 148 cm³/mol. The van der Waals surface area contributed by atoms with Crippen molar-refractivity contribution in [1.82, 2.24) is 5.32 Å². The number of fused-ring (bicyclic) bond motifs is 5.